The van der Waals surface area contributed by atoms with Gasteiger partial charge in [-0.25, -0.2) is 0 Å². The molecule has 1 atom stereocenters. The average molecular weight is 342 g/mol. The Morgan fingerprint density at radius 1 is 1.36 bits per heavy atom. The summed E-state index contributed by atoms with van der Waals surface area (Å²) in [5.74, 6) is -0.136. The van der Waals surface area contributed by atoms with E-state index in [1.807, 2.05) is 32.4 Å². The minimum atomic E-state index is -0.645. The van der Waals surface area contributed by atoms with Crippen molar-refractivity contribution in [1.29, 1.82) is 0 Å². The summed E-state index contributed by atoms with van der Waals surface area (Å²) in [6.07, 6.45) is -0.645. The number of rotatable bonds is 3. The summed E-state index contributed by atoms with van der Waals surface area (Å²) >= 11 is 0. The summed E-state index contributed by atoms with van der Waals surface area (Å²) in [5.41, 5.74) is 3.23. The molecular weight excluding hydrogens is 320 g/mol. The van der Waals surface area contributed by atoms with Gasteiger partial charge in [0.1, 0.15) is 0 Å². The molecule has 0 saturated carbocycles. The van der Waals surface area contributed by atoms with Crippen LogP contribution in [0.1, 0.15) is 48.6 Å². The number of nitrogens with one attached hydrogen (secondary N) is 2. The molecule has 3 rings (SSSR count). The highest BCUT2D eigenvalue weighted by molar-refractivity contribution is 6.09. The number of nitrogens with zero attached hydrogens (tertiary/aromatic N) is 2. The smallest absolute Gasteiger partial charge is 0.265 e. The standard InChI is InChI=1S/C18H22N4O3/c1-9(2)22-11(4)15(10(3)21-22)20-18(24)13-7-6-8-14-16(13)25-12(5)17(23)19-14/h6-9,12H,1-5H3,(H,19,23)(H,20,24). The Bertz CT molecular complexity index is 854. The highest BCUT2D eigenvalue weighted by Crippen LogP contribution is 2.34. The van der Waals surface area contributed by atoms with E-state index in [1.165, 1.54) is 0 Å². The monoisotopic (exact) mass is 342 g/mol. The quantitative estimate of drug-likeness (QED) is 0.898. The van der Waals surface area contributed by atoms with Crippen LogP contribution in [-0.4, -0.2) is 27.7 Å². The molecule has 0 radical (unpaired) electrons. The van der Waals surface area contributed by atoms with E-state index in [1.54, 1.807) is 25.1 Å². The first kappa shape index (κ1) is 17.0. The van der Waals surface area contributed by atoms with Crippen molar-refractivity contribution < 1.29 is 14.3 Å². The number of hydrogen-bond acceptors (Lipinski definition) is 4. The molecule has 25 heavy (non-hydrogen) atoms. The van der Waals surface area contributed by atoms with Crippen molar-refractivity contribution in [3.8, 4) is 5.75 Å². The molecule has 0 fully saturated rings. The number of fused-ring (bicyclic) bond motifs is 1. The summed E-state index contributed by atoms with van der Waals surface area (Å²) in [4.78, 5) is 24.6. The third-order valence-corrected chi connectivity index (χ3v) is 4.23. The van der Waals surface area contributed by atoms with Crippen LogP contribution in [0.2, 0.25) is 0 Å². The number of carbonyl (C=O) groups excluding carboxylic acids is 2. The van der Waals surface area contributed by atoms with Gasteiger partial charge in [0.05, 0.1) is 28.3 Å². The van der Waals surface area contributed by atoms with Gasteiger partial charge in [-0.05, 0) is 46.8 Å². The molecular formula is C18H22N4O3. The number of amides is 2. The van der Waals surface area contributed by atoms with E-state index >= 15 is 0 Å². The van der Waals surface area contributed by atoms with Gasteiger partial charge in [-0.2, -0.15) is 5.10 Å². The van der Waals surface area contributed by atoms with E-state index in [-0.39, 0.29) is 17.9 Å². The summed E-state index contributed by atoms with van der Waals surface area (Å²) in [7, 11) is 0. The topological polar surface area (TPSA) is 85.2 Å². The summed E-state index contributed by atoms with van der Waals surface area (Å²) in [5, 5.41) is 10.2. The molecule has 1 aliphatic heterocycles. The number of aryl methyl sites for hydroxylation is 1. The number of hydrogen-bond donors (Lipinski definition) is 2. The Labute approximate surface area is 146 Å². The van der Waals surface area contributed by atoms with Gasteiger partial charge in [-0.3, -0.25) is 14.3 Å². The fraction of sp³-hybridized carbons (Fsp3) is 0.389. The maximum atomic E-state index is 12.8. The van der Waals surface area contributed by atoms with Crippen molar-refractivity contribution in [3.63, 3.8) is 0 Å². The zero-order chi connectivity index (χ0) is 18.3. The Morgan fingerprint density at radius 3 is 2.72 bits per heavy atom. The molecule has 1 aliphatic rings. The van der Waals surface area contributed by atoms with Gasteiger partial charge >= 0.3 is 0 Å². The second-order valence-electron chi connectivity index (χ2n) is 6.47. The van der Waals surface area contributed by atoms with E-state index < -0.39 is 6.10 Å². The molecule has 0 saturated heterocycles. The summed E-state index contributed by atoms with van der Waals surface area (Å²) < 4.78 is 7.52. The van der Waals surface area contributed by atoms with Crippen molar-refractivity contribution in [2.24, 2.45) is 0 Å². The van der Waals surface area contributed by atoms with Gasteiger partial charge in [0.25, 0.3) is 11.8 Å². The largest absolute Gasteiger partial charge is 0.478 e. The SMILES string of the molecule is Cc1nn(C(C)C)c(C)c1NC(=O)c1cccc2c1OC(C)C(=O)N2. The Kier molecular flexibility index (Phi) is 4.24. The Hall–Kier alpha value is -2.83. The minimum Gasteiger partial charge on any atom is -0.478 e. The van der Waals surface area contributed by atoms with Gasteiger partial charge in [0.15, 0.2) is 11.9 Å². The molecule has 2 amide bonds. The molecule has 132 valence electrons. The van der Waals surface area contributed by atoms with Crippen LogP contribution in [0.5, 0.6) is 5.75 Å². The Morgan fingerprint density at radius 2 is 2.08 bits per heavy atom. The highest BCUT2D eigenvalue weighted by Gasteiger charge is 2.28. The predicted octanol–water partition coefficient (Wildman–Crippen LogP) is 3.05. The third kappa shape index (κ3) is 2.97. The lowest BCUT2D eigenvalue weighted by Gasteiger charge is -2.25. The summed E-state index contributed by atoms with van der Waals surface area (Å²) in [6, 6.07) is 5.30. The first-order valence-corrected chi connectivity index (χ1v) is 8.27. The predicted molar refractivity (Wildman–Crippen MR) is 95.2 cm³/mol. The molecule has 7 heteroatoms. The first-order valence-electron chi connectivity index (χ1n) is 8.27. The number of anilines is 2. The van der Waals surface area contributed by atoms with Gasteiger partial charge < -0.3 is 15.4 Å². The molecule has 7 nitrogen and oxygen atoms in total. The van der Waals surface area contributed by atoms with Crippen molar-refractivity contribution in [2.75, 3.05) is 10.6 Å². The van der Waals surface area contributed by atoms with Crippen molar-refractivity contribution in [1.82, 2.24) is 9.78 Å². The molecule has 2 heterocycles. The van der Waals surface area contributed by atoms with E-state index in [2.05, 4.69) is 15.7 Å². The molecule has 0 bridgehead atoms. The van der Waals surface area contributed by atoms with Crippen LogP contribution in [0.3, 0.4) is 0 Å². The van der Waals surface area contributed by atoms with Gasteiger partial charge in [-0.1, -0.05) is 6.07 Å². The van der Waals surface area contributed by atoms with Crippen LogP contribution in [0.25, 0.3) is 0 Å². The van der Waals surface area contributed by atoms with Crippen LogP contribution in [0, 0.1) is 13.8 Å². The summed E-state index contributed by atoms with van der Waals surface area (Å²) in [6.45, 7) is 9.51. The number of aromatic nitrogens is 2. The maximum Gasteiger partial charge on any atom is 0.265 e. The number of para-hydroxylation sites is 1. The van der Waals surface area contributed by atoms with Crippen LogP contribution < -0.4 is 15.4 Å². The molecule has 1 unspecified atom stereocenters. The molecule has 0 spiro atoms. The van der Waals surface area contributed by atoms with Crippen LogP contribution in [0.15, 0.2) is 18.2 Å². The van der Waals surface area contributed by atoms with Crippen molar-refractivity contribution >= 4 is 23.2 Å². The van der Waals surface area contributed by atoms with E-state index in [0.717, 1.165) is 11.4 Å². The van der Waals surface area contributed by atoms with E-state index in [0.29, 0.717) is 22.7 Å². The van der Waals surface area contributed by atoms with Gasteiger partial charge in [0.2, 0.25) is 0 Å². The first-order chi connectivity index (χ1) is 11.8. The highest BCUT2D eigenvalue weighted by atomic mass is 16.5. The minimum absolute atomic E-state index is 0.202. The third-order valence-electron chi connectivity index (χ3n) is 4.23. The fourth-order valence-electron chi connectivity index (χ4n) is 2.93. The van der Waals surface area contributed by atoms with Crippen molar-refractivity contribution in [2.45, 2.75) is 46.8 Å². The lowest BCUT2D eigenvalue weighted by molar-refractivity contribution is -0.122. The molecule has 2 aromatic rings. The van der Waals surface area contributed by atoms with Crippen LogP contribution >= 0.6 is 0 Å². The Balaban J connectivity index is 1.94. The normalized spacial score (nSPS) is 16.2. The molecule has 0 aliphatic carbocycles. The average Bonchev–Trinajstić information content (AvgIpc) is 2.83. The zero-order valence-electron chi connectivity index (χ0n) is 15.0. The lowest BCUT2D eigenvalue weighted by atomic mass is 10.1. The van der Waals surface area contributed by atoms with Crippen LogP contribution in [-0.2, 0) is 4.79 Å². The second-order valence-corrected chi connectivity index (χ2v) is 6.47. The number of carbonyl (C=O) groups is 2. The molecule has 2 N–H and O–H groups in total. The van der Waals surface area contributed by atoms with Crippen LogP contribution in [0.4, 0.5) is 11.4 Å². The van der Waals surface area contributed by atoms with Crippen molar-refractivity contribution in [3.05, 3.63) is 35.2 Å². The number of ether oxygens (including phenoxy) is 1. The number of benzene rings is 1. The zero-order valence-corrected chi connectivity index (χ0v) is 15.0. The van der Waals surface area contributed by atoms with E-state index in [9.17, 15) is 9.59 Å². The van der Waals surface area contributed by atoms with E-state index in [4.69, 9.17) is 4.74 Å². The molecule has 1 aromatic heterocycles. The maximum absolute atomic E-state index is 12.8. The van der Waals surface area contributed by atoms with Gasteiger partial charge in [-0.15, -0.1) is 0 Å². The fourth-order valence-corrected chi connectivity index (χ4v) is 2.93. The molecule has 1 aromatic carbocycles. The van der Waals surface area contributed by atoms with Gasteiger partial charge in [0, 0.05) is 6.04 Å². The lowest BCUT2D eigenvalue weighted by Crippen LogP contribution is -2.35. The second kappa shape index (κ2) is 6.23.